The number of aryl methyl sites for hydroxylation is 2. The minimum absolute atomic E-state index is 0.778. The predicted octanol–water partition coefficient (Wildman–Crippen LogP) is 6.63. The Balaban J connectivity index is 1.84. The normalized spacial score (nSPS) is 13.9. The lowest BCUT2D eigenvalue weighted by Crippen LogP contribution is -2.03. The van der Waals surface area contributed by atoms with Crippen LogP contribution >= 0.6 is 8.60 Å². The minimum atomic E-state index is -1.60. The lowest BCUT2D eigenvalue weighted by atomic mass is 10.1. The van der Waals surface area contributed by atoms with Gasteiger partial charge in [0.2, 0.25) is 0 Å². The fourth-order valence-electron chi connectivity index (χ4n) is 2.48. The molecule has 4 heteroatoms. The molecule has 0 saturated carbocycles. The molecule has 0 radical (unpaired) electrons. The molecule has 3 rings (SSSR count). The van der Waals surface area contributed by atoms with E-state index in [0.717, 1.165) is 41.2 Å². The third-order valence-corrected chi connectivity index (χ3v) is 5.12. The molecular formula is C21H23O3P. The average molecular weight is 354 g/mol. The molecule has 0 N–H and O–H groups in total. The van der Waals surface area contributed by atoms with Crippen LogP contribution in [0.1, 0.15) is 30.9 Å². The summed E-state index contributed by atoms with van der Waals surface area (Å²) in [5.41, 5.74) is 3.32. The van der Waals surface area contributed by atoms with Gasteiger partial charge in [-0.2, -0.15) is 0 Å². The highest BCUT2D eigenvalue weighted by Gasteiger charge is 2.23. The molecule has 2 aromatic rings. The van der Waals surface area contributed by atoms with Gasteiger partial charge in [0.05, 0.1) is 0 Å². The van der Waals surface area contributed by atoms with Crippen LogP contribution in [0.25, 0.3) is 0 Å². The van der Waals surface area contributed by atoms with Crippen LogP contribution in [0, 0.1) is 13.8 Å². The van der Waals surface area contributed by atoms with E-state index < -0.39 is 8.60 Å². The van der Waals surface area contributed by atoms with Gasteiger partial charge >= 0.3 is 8.60 Å². The number of hydrogen-bond donors (Lipinski definition) is 0. The van der Waals surface area contributed by atoms with Crippen molar-refractivity contribution in [3.63, 3.8) is 0 Å². The van der Waals surface area contributed by atoms with Crippen LogP contribution in [0.4, 0.5) is 0 Å². The van der Waals surface area contributed by atoms with Crippen LogP contribution in [0.2, 0.25) is 0 Å². The topological polar surface area (TPSA) is 27.7 Å². The van der Waals surface area contributed by atoms with Crippen molar-refractivity contribution in [3.8, 4) is 11.5 Å². The van der Waals surface area contributed by atoms with Crippen molar-refractivity contribution in [2.45, 2.75) is 33.6 Å². The third kappa shape index (κ3) is 4.64. The van der Waals surface area contributed by atoms with E-state index in [1.54, 1.807) is 0 Å². The molecule has 1 aliphatic carbocycles. The van der Waals surface area contributed by atoms with E-state index in [1.165, 1.54) is 5.57 Å². The van der Waals surface area contributed by atoms with Gasteiger partial charge < -0.3 is 13.6 Å². The zero-order valence-corrected chi connectivity index (χ0v) is 15.8. The summed E-state index contributed by atoms with van der Waals surface area (Å²) in [7, 11) is -1.60. The van der Waals surface area contributed by atoms with E-state index in [4.69, 9.17) is 13.6 Å². The van der Waals surface area contributed by atoms with Crippen LogP contribution in [0.5, 0.6) is 11.5 Å². The van der Waals surface area contributed by atoms with E-state index in [9.17, 15) is 0 Å². The molecule has 3 nitrogen and oxygen atoms in total. The minimum Gasteiger partial charge on any atom is -0.409 e. The highest BCUT2D eigenvalue weighted by Crippen LogP contribution is 2.46. The van der Waals surface area contributed by atoms with Crippen LogP contribution in [0.15, 0.2) is 72.0 Å². The fraction of sp³-hybridized carbons (Fsp3) is 0.238. The van der Waals surface area contributed by atoms with Crippen molar-refractivity contribution >= 4 is 8.60 Å². The van der Waals surface area contributed by atoms with Crippen molar-refractivity contribution in [3.05, 3.63) is 83.1 Å². The van der Waals surface area contributed by atoms with Crippen LogP contribution in [-0.4, -0.2) is 0 Å². The van der Waals surface area contributed by atoms with E-state index in [1.807, 2.05) is 68.5 Å². The van der Waals surface area contributed by atoms with Gasteiger partial charge in [-0.3, -0.25) is 0 Å². The molecule has 130 valence electrons. The molecule has 0 fully saturated rings. The summed E-state index contributed by atoms with van der Waals surface area (Å²) in [5.74, 6) is 2.40. The SMILES string of the molecule is CC1=C(OP(Oc2ccccc2C)Oc2ccccc2C)C=CCC1. The number of hydrogen-bond acceptors (Lipinski definition) is 3. The number of allylic oxidation sites excluding steroid dienone is 3. The molecule has 0 aliphatic heterocycles. The Morgan fingerprint density at radius 1 is 0.760 bits per heavy atom. The lowest BCUT2D eigenvalue weighted by molar-refractivity contribution is 0.333. The lowest BCUT2D eigenvalue weighted by Gasteiger charge is -2.22. The Hall–Kier alpha value is -2.25. The number of para-hydroxylation sites is 2. The maximum atomic E-state index is 6.13. The first-order chi connectivity index (χ1) is 12.1. The maximum Gasteiger partial charge on any atom is 0.530 e. The summed E-state index contributed by atoms with van der Waals surface area (Å²) in [6.45, 7) is 6.12. The fourth-order valence-corrected chi connectivity index (χ4v) is 3.70. The monoisotopic (exact) mass is 354 g/mol. The smallest absolute Gasteiger partial charge is 0.409 e. The molecular weight excluding hydrogens is 331 g/mol. The van der Waals surface area contributed by atoms with E-state index >= 15 is 0 Å². The Morgan fingerprint density at radius 3 is 1.84 bits per heavy atom. The largest absolute Gasteiger partial charge is 0.530 e. The first-order valence-corrected chi connectivity index (χ1v) is 9.54. The third-order valence-electron chi connectivity index (χ3n) is 4.08. The Kier molecular flexibility index (Phi) is 5.78. The molecule has 0 unspecified atom stereocenters. The zero-order valence-electron chi connectivity index (χ0n) is 14.9. The first-order valence-electron chi connectivity index (χ1n) is 8.45. The standard InChI is InChI=1S/C21H23O3P/c1-16-10-4-7-13-19(16)22-25(23-20-14-8-5-11-17(20)2)24-21-15-9-6-12-18(21)3/h4-5,7-11,13-15H,6,12H2,1-3H3. The molecule has 2 aromatic carbocycles. The van der Waals surface area contributed by atoms with Gasteiger partial charge in [-0.15, -0.1) is 0 Å². The van der Waals surface area contributed by atoms with Gasteiger partial charge in [0.25, 0.3) is 0 Å². The summed E-state index contributed by atoms with van der Waals surface area (Å²) < 4.78 is 18.3. The van der Waals surface area contributed by atoms with Gasteiger partial charge in [-0.05, 0) is 68.5 Å². The Morgan fingerprint density at radius 2 is 1.32 bits per heavy atom. The van der Waals surface area contributed by atoms with Crippen LogP contribution < -0.4 is 9.05 Å². The summed E-state index contributed by atoms with van der Waals surface area (Å²) in [5, 5.41) is 0. The van der Waals surface area contributed by atoms with Crippen molar-refractivity contribution in [1.29, 1.82) is 0 Å². The Bertz CT molecular complexity index is 748. The summed E-state index contributed by atoms with van der Waals surface area (Å²) in [6, 6.07) is 15.8. The molecule has 0 atom stereocenters. The first kappa shape index (κ1) is 17.6. The average Bonchev–Trinajstić information content (AvgIpc) is 2.61. The Labute approximate surface area is 150 Å². The number of rotatable bonds is 6. The predicted molar refractivity (Wildman–Crippen MR) is 103 cm³/mol. The molecule has 0 amide bonds. The molecule has 0 heterocycles. The number of benzene rings is 2. The van der Waals surface area contributed by atoms with E-state index in [0.29, 0.717) is 0 Å². The molecule has 0 aromatic heterocycles. The quantitative estimate of drug-likeness (QED) is 0.545. The van der Waals surface area contributed by atoms with Crippen LogP contribution in [-0.2, 0) is 4.52 Å². The van der Waals surface area contributed by atoms with E-state index in [2.05, 4.69) is 13.0 Å². The maximum absolute atomic E-state index is 6.13. The second-order valence-corrected chi connectivity index (χ2v) is 7.11. The van der Waals surface area contributed by atoms with Gasteiger partial charge in [-0.25, -0.2) is 0 Å². The summed E-state index contributed by atoms with van der Waals surface area (Å²) in [4.78, 5) is 0. The van der Waals surface area contributed by atoms with Crippen molar-refractivity contribution in [2.75, 3.05) is 0 Å². The highest BCUT2D eigenvalue weighted by molar-refractivity contribution is 7.42. The summed E-state index contributed by atoms with van der Waals surface area (Å²) >= 11 is 0. The second-order valence-electron chi connectivity index (χ2n) is 6.11. The second kappa shape index (κ2) is 8.22. The zero-order chi connectivity index (χ0) is 17.6. The molecule has 0 saturated heterocycles. The highest BCUT2D eigenvalue weighted by atomic mass is 31.2. The molecule has 0 spiro atoms. The van der Waals surface area contributed by atoms with E-state index in [-0.39, 0.29) is 0 Å². The molecule has 25 heavy (non-hydrogen) atoms. The summed E-state index contributed by atoms with van der Waals surface area (Å²) in [6.07, 6.45) is 6.19. The van der Waals surface area contributed by atoms with Crippen molar-refractivity contribution in [1.82, 2.24) is 0 Å². The molecule has 1 aliphatic rings. The van der Waals surface area contributed by atoms with Crippen molar-refractivity contribution in [2.24, 2.45) is 0 Å². The van der Waals surface area contributed by atoms with Gasteiger partial charge in [-0.1, -0.05) is 42.5 Å². The van der Waals surface area contributed by atoms with Gasteiger partial charge in [0.15, 0.2) is 0 Å². The molecule has 0 bridgehead atoms. The van der Waals surface area contributed by atoms with Crippen molar-refractivity contribution < 1.29 is 13.6 Å². The van der Waals surface area contributed by atoms with Gasteiger partial charge in [0, 0.05) is 0 Å². The van der Waals surface area contributed by atoms with Crippen LogP contribution in [0.3, 0.4) is 0 Å². The van der Waals surface area contributed by atoms with Gasteiger partial charge in [0.1, 0.15) is 17.3 Å².